The normalized spacial score (nSPS) is 27.0. The van der Waals surface area contributed by atoms with E-state index >= 15 is 0 Å². The van der Waals surface area contributed by atoms with E-state index in [2.05, 4.69) is 0 Å². The second-order valence-electron chi connectivity index (χ2n) is 6.09. The molecular formula is C21H26O4. The van der Waals surface area contributed by atoms with Crippen LogP contribution in [0.1, 0.15) is 25.3 Å². The Morgan fingerprint density at radius 2 is 1.64 bits per heavy atom. The quantitative estimate of drug-likeness (QED) is 0.727. The Bertz CT molecular complexity index is 637. The summed E-state index contributed by atoms with van der Waals surface area (Å²) >= 11 is 0. The minimum absolute atomic E-state index is 0.195. The first-order chi connectivity index (χ1) is 12.8. The third-order valence-corrected chi connectivity index (χ3v) is 4.22. The molecule has 0 aromatic heterocycles. The Morgan fingerprint density at radius 3 is 2.28 bits per heavy atom. The molecule has 1 fully saturated rings. The van der Waals surface area contributed by atoms with Crippen LogP contribution in [0.4, 0.5) is 0 Å². The molecular weight excluding hydrogens is 316 g/mol. The number of rotatable bonds is 8. The van der Waals surface area contributed by atoms with E-state index in [4.69, 9.17) is 20.3 Å². The molecule has 4 heteroatoms. The second kappa shape index (κ2) is 9.68. The van der Waals surface area contributed by atoms with Gasteiger partial charge < -0.3 is 18.9 Å². The predicted octanol–water partition coefficient (Wildman–Crippen LogP) is 3.94. The molecule has 0 aliphatic carbocycles. The summed E-state index contributed by atoms with van der Waals surface area (Å²) in [7, 11) is 1.57. The van der Waals surface area contributed by atoms with Crippen molar-refractivity contribution in [1.29, 1.82) is 0 Å². The number of hydrogen-bond acceptors (Lipinski definition) is 4. The van der Waals surface area contributed by atoms with E-state index in [1.807, 2.05) is 60.7 Å². The standard InChI is InChI=1S/C21H26O4/c1-22-21-13-12-19(24-15-18-10-6-3-7-11-18)20(25-21)16-23-14-17-8-4-2-5-9-17/h2-11,19-21H,12-16H2,1H3/t19-,20+,21+/m0/s1/i13D/t13?,19-,20+,21+. The Morgan fingerprint density at radius 1 is 1.00 bits per heavy atom. The van der Waals surface area contributed by atoms with Crippen LogP contribution in [0.5, 0.6) is 0 Å². The highest BCUT2D eigenvalue weighted by molar-refractivity contribution is 5.14. The third kappa shape index (κ3) is 5.65. The molecule has 1 saturated heterocycles. The fourth-order valence-corrected chi connectivity index (χ4v) is 2.83. The van der Waals surface area contributed by atoms with Crippen molar-refractivity contribution in [2.75, 3.05) is 13.7 Å². The Hall–Kier alpha value is -1.72. The topological polar surface area (TPSA) is 36.9 Å². The van der Waals surface area contributed by atoms with E-state index < -0.39 is 12.7 Å². The molecule has 1 unspecified atom stereocenters. The summed E-state index contributed by atoms with van der Waals surface area (Å²) in [5.41, 5.74) is 2.22. The number of ether oxygens (including phenoxy) is 4. The Balaban J connectivity index is 1.56. The highest BCUT2D eigenvalue weighted by Crippen LogP contribution is 2.24. The lowest BCUT2D eigenvalue weighted by atomic mass is 10.0. The van der Waals surface area contributed by atoms with Crippen molar-refractivity contribution in [3.63, 3.8) is 0 Å². The summed E-state index contributed by atoms with van der Waals surface area (Å²) in [5.74, 6) is 0. The van der Waals surface area contributed by atoms with E-state index in [-0.39, 0.29) is 12.2 Å². The first-order valence-electron chi connectivity index (χ1n) is 9.21. The van der Waals surface area contributed by atoms with E-state index in [1.165, 1.54) is 0 Å². The molecule has 0 saturated carbocycles. The molecule has 1 heterocycles. The lowest BCUT2D eigenvalue weighted by Crippen LogP contribution is -2.43. The van der Waals surface area contributed by atoms with E-state index in [9.17, 15) is 0 Å². The van der Waals surface area contributed by atoms with Gasteiger partial charge in [0.05, 0.1) is 25.9 Å². The summed E-state index contributed by atoms with van der Waals surface area (Å²) in [5, 5.41) is 0. The molecule has 0 bridgehead atoms. The monoisotopic (exact) mass is 343 g/mol. The number of benzene rings is 2. The van der Waals surface area contributed by atoms with E-state index in [0.29, 0.717) is 26.2 Å². The fraction of sp³-hybridized carbons (Fsp3) is 0.429. The van der Waals surface area contributed by atoms with Crippen LogP contribution < -0.4 is 0 Å². The summed E-state index contributed by atoms with van der Waals surface area (Å²) < 4.78 is 31.3. The maximum atomic E-state index is 8.17. The van der Waals surface area contributed by atoms with Crippen molar-refractivity contribution in [3.05, 3.63) is 71.8 Å². The zero-order valence-corrected chi connectivity index (χ0v) is 14.5. The lowest BCUT2D eigenvalue weighted by molar-refractivity contribution is -0.234. The van der Waals surface area contributed by atoms with Gasteiger partial charge in [-0.15, -0.1) is 0 Å². The zero-order valence-electron chi connectivity index (χ0n) is 15.5. The van der Waals surface area contributed by atoms with Gasteiger partial charge in [0.1, 0.15) is 6.10 Å². The summed E-state index contributed by atoms with van der Waals surface area (Å²) in [4.78, 5) is 0. The van der Waals surface area contributed by atoms with Crippen LogP contribution in [-0.4, -0.2) is 32.2 Å². The largest absolute Gasteiger partial charge is 0.374 e. The first kappa shape index (κ1) is 16.7. The summed E-state index contributed by atoms with van der Waals surface area (Å²) in [6.45, 7) is 1.42. The van der Waals surface area contributed by atoms with Crippen LogP contribution in [0.25, 0.3) is 0 Å². The van der Waals surface area contributed by atoms with Gasteiger partial charge in [-0.3, -0.25) is 0 Å². The van der Waals surface area contributed by atoms with Crippen LogP contribution >= 0.6 is 0 Å². The van der Waals surface area contributed by atoms with Crippen molar-refractivity contribution in [3.8, 4) is 0 Å². The zero-order chi connectivity index (χ0) is 18.2. The van der Waals surface area contributed by atoms with Gasteiger partial charge in [-0.1, -0.05) is 60.7 Å². The minimum atomic E-state index is -0.545. The van der Waals surface area contributed by atoms with Gasteiger partial charge in [-0.2, -0.15) is 0 Å². The SMILES string of the molecule is [2H]C1C[C@H](OCc2ccccc2)[C@@H](COCc2ccccc2)O[C@H]1OC. The molecule has 4 nitrogen and oxygen atoms in total. The molecule has 0 spiro atoms. The second-order valence-corrected chi connectivity index (χ2v) is 6.09. The highest BCUT2D eigenvalue weighted by Gasteiger charge is 2.32. The third-order valence-electron chi connectivity index (χ3n) is 4.22. The van der Waals surface area contributed by atoms with Crippen LogP contribution in [-0.2, 0) is 32.2 Å². The van der Waals surface area contributed by atoms with Crippen molar-refractivity contribution in [2.24, 2.45) is 0 Å². The van der Waals surface area contributed by atoms with Gasteiger partial charge in [0, 0.05) is 14.9 Å². The molecule has 1 aliphatic heterocycles. The lowest BCUT2D eigenvalue weighted by Gasteiger charge is -2.35. The van der Waals surface area contributed by atoms with Gasteiger partial charge in [0.25, 0.3) is 0 Å². The maximum absolute atomic E-state index is 8.17. The van der Waals surface area contributed by atoms with E-state index in [1.54, 1.807) is 7.11 Å². The van der Waals surface area contributed by atoms with E-state index in [0.717, 1.165) is 11.1 Å². The molecule has 2 aromatic rings. The molecule has 0 N–H and O–H groups in total. The molecule has 2 aromatic carbocycles. The highest BCUT2D eigenvalue weighted by atomic mass is 16.7. The number of methoxy groups -OCH3 is 1. The smallest absolute Gasteiger partial charge is 0.157 e. The average Bonchev–Trinajstić information content (AvgIpc) is 2.69. The molecule has 4 atom stereocenters. The fourth-order valence-electron chi connectivity index (χ4n) is 2.83. The van der Waals surface area contributed by atoms with Crippen molar-refractivity contribution in [2.45, 2.75) is 44.5 Å². The summed E-state index contributed by atoms with van der Waals surface area (Å²) in [6.07, 6.45) is -0.901. The number of hydrogen-bond donors (Lipinski definition) is 0. The molecule has 0 radical (unpaired) electrons. The maximum Gasteiger partial charge on any atom is 0.157 e. The first-order valence-corrected chi connectivity index (χ1v) is 8.64. The Labute approximate surface area is 151 Å². The molecule has 3 rings (SSSR count). The van der Waals surface area contributed by atoms with Crippen LogP contribution in [0.3, 0.4) is 0 Å². The minimum Gasteiger partial charge on any atom is -0.374 e. The van der Waals surface area contributed by atoms with Crippen molar-refractivity contribution in [1.82, 2.24) is 0 Å². The van der Waals surface area contributed by atoms with Gasteiger partial charge >= 0.3 is 0 Å². The Kier molecular flexibility index (Phi) is 6.48. The molecule has 0 amide bonds. The van der Waals surface area contributed by atoms with Crippen molar-refractivity contribution >= 4 is 0 Å². The summed E-state index contributed by atoms with van der Waals surface area (Å²) in [6, 6.07) is 20.1. The van der Waals surface area contributed by atoms with Gasteiger partial charge in [-0.25, -0.2) is 0 Å². The van der Waals surface area contributed by atoms with Gasteiger partial charge in [0.15, 0.2) is 6.29 Å². The van der Waals surface area contributed by atoms with Crippen LogP contribution in [0.15, 0.2) is 60.7 Å². The predicted molar refractivity (Wildman–Crippen MR) is 96.0 cm³/mol. The molecule has 134 valence electrons. The molecule has 1 aliphatic rings. The van der Waals surface area contributed by atoms with Gasteiger partial charge in [0.2, 0.25) is 0 Å². The molecule has 25 heavy (non-hydrogen) atoms. The van der Waals surface area contributed by atoms with Crippen LogP contribution in [0.2, 0.25) is 0 Å². The average molecular weight is 343 g/mol. The van der Waals surface area contributed by atoms with Crippen molar-refractivity contribution < 1.29 is 20.3 Å². The van der Waals surface area contributed by atoms with Crippen LogP contribution in [0, 0.1) is 0 Å². The van der Waals surface area contributed by atoms with Gasteiger partial charge in [-0.05, 0) is 17.5 Å².